The van der Waals surface area contributed by atoms with E-state index in [1.807, 2.05) is 0 Å². The Balaban J connectivity index is 0.637. The highest BCUT2D eigenvalue weighted by Crippen LogP contribution is 2.64. The molecule has 0 spiro atoms. The third-order valence-corrected chi connectivity index (χ3v) is 25.9. The number of ether oxygens (including phenoxy) is 6. The van der Waals surface area contributed by atoms with Crippen LogP contribution in [0.4, 0.5) is 0 Å². The van der Waals surface area contributed by atoms with Crippen LogP contribution in [0.1, 0.15) is 278 Å². The molecule has 12 heteroatoms. The van der Waals surface area contributed by atoms with E-state index in [0.29, 0.717) is 156 Å². The van der Waals surface area contributed by atoms with Crippen molar-refractivity contribution in [1.82, 2.24) is 0 Å². The predicted molar refractivity (Wildman–Crippen MR) is 357 cm³/mol. The van der Waals surface area contributed by atoms with E-state index < -0.39 is 0 Å². The molecule has 9 saturated carbocycles. The SMILES string of the molecule is C=CC(=O)OCC1C[C@@H]2C3CC(COC(=O)C4CCC(C(=O)OCCCCCCC5C(CCCCCC)CCC(CCCCCCCC)C5CCCCCCOC(=O)C5CCC(C(=O)OCC6CC7CC6[C@@H]6CC(COC(=O)C(=C)C)C[C@H]76)CC5)CC4)C(C3)[C@@H]2C1. The van der Waals surface area contributed by atoms with Gasteiger partial charge in [-0.25, -0.2) is 9.59 Å². The van der Waals surface area contributed by atoms with Crippen LogP contribution in [0.3, 0.4) is 0 Å². The fourth-order valence-corrected chi connectivity index (χ4v) is 21.1. The van der Waals surface area contributed by atoms with E-state index in [2.05, 4.69) is 27.0 Å². The Labute approximate surface area is 550 Å². The van der Waals surface area contributed by atoms with Crippen molar-refractivity contribution >= 4 is 35.8 Å². The summed E-state index contributed by atoms with van der Waals surface area (Å²) >= 11 is 0. The number of hydrogen-bond donors (Lipinski definition) is 0. The van der Waals surface area contributed by atoms with Gasteiger partial charge in [-0.15, -0.1) is 0 Å². The van der Waals surface area contributed by atoms with E-state index in [1.165, 1.54) is 147 Å². The Morgan fingerprint density at radius 1 is 0.363 bits per heavy atom. The average molecular weight is 1270 g/mol. The predicted octanol–water partition coefficient (Wildman–Crippen LogP) is 18.1. The fourth-order valence-electron chi connectivity index (χ4n) is 21.1. The summed E-state index contributed by atoms with van der Waals surface area (Å²) in [6.07, 6.45) is 46.6. The van der Waals surface area contributed by atoms with Gasteiger partial charge in [0.15, 0.2) is 0 Å². The number of carbonyl (C=O) groups excluding carboxylic acids is 6. The Morgan fingerprint density at radius 2 is 0.725 bits per heavy atom. The van der Waals surface area contributed by atoms with E-state index >= 15 is 0 Å². The van der Waals surface area contributed by atoms with Gasteiger partial charge >= 0.3 is 35.8 Å². The van der Waals surface area contributed by atoms with Gasteiger partial charge in [0, 0.05) is 11.6 Å². The first-order valence-electron chi connectivity index (χ1n) is 38.6. The zero-order valence-electron chi connectivity index (χ0n) is 57.5. The summed E-state index contributed by atoms with van der Waals surface area (Å²) in [7, 11) is 0. The Hall–Kier alpha value is -3.70. The first kappa shape index (κ1) is 71.6. The zero-order chi connectivity index (χ0) is 64.1. The lowest BCUT2D eigenvalue weighted by molar-refractivity contribution is -0.156. The number of carbonyl (C=O) groups is 6. The lowest BCUT2D eigenvalue weighted by Crippen LogP contribution is -2.35. The second-order valence-electron chi connectivity index (χ2n) is 31.8. The molecule has 514 valence electrons. The molecule has 12 nitrogen and oxygen atoms in total. The lowest BCUT2D eigenvalue weighted by atomic mass is 9.61. The van der Waals surface area contributed by atoms with Crippen LogP contribution in [0.5, 0.6) is 0 Å². The van der Waals surface area contributed by atoms with Crippen LogP contribution in [-0.4, -0.2) is 75.5 Å². The molecule has 9 rings (SSSR count). The molecule has 4 bridgehead atoms. The van der Waals surface area contributed by atoms with Crippen molar-refractivity contribution in [2.45, 2.75) is 278 Å². The molecular weight excluding hydrogens is 1140 g/mol. The highest BCUT2D eigenvalue weighted by molar-refractivity contribution is 5.87. The summed E-state index contributed by atoms with van der Waals surface area (Å²) < 4.78 is 34.8. The molecule has 16 atom stereocenters. The van der Waals surface area contributed by atoms with Gasteiger partial charge in [-0.3, -0.25) is 19.2 Å². The van der Waals surface area contributed by atoms with E-state index in [0.717, 1.165) is 99.7 Å². The van der Waals surface area contributed by atoms with E-state index in [4.69, 9.17) is 28.4 Å². The van der Waals surface area contributed by atoms with Crippen molar-refractivity contribution in [3.63, 3.8) is 0 Å². The first-order chi connectivity index (χ1) is 44.3. The molecule has 0 aromatic heterocycles. The molecule has 9 aliphatic carbocycles. The van der Waals surface area contributed by atoms with Gasteiger partial charge in [0.1, 0.15) is 0 Å². The van der Waals surface area contributed by atoms with E-state index in [9.17, 15) is 28.8 Å². The second kappa shape index (κ2) is 37.0. The van der Waals surface area contributed by atoms with Gasteiger partial charge in [0.25, 0.3) is 0 Å². The van der Waals surface area contributed by atoms with Crippen molar-refractivity contribution in [3.8, 4) is 0 Å². The van der Waals surface area contributed by atoms with Crippen LogP contribution < -0.4 is 0 Å². The summed E-state index contributed by atoms with van der Waals surface area (Å²) in [4.78, 5) is 76.9. The second-order valence-corrected chi connectivity index (χ2v) is 31.8. The van der Waals surface area contributed by atoms with Crippen LogP contribution in [0.15, 0.2) is 24.8 Å². The number of esters is 6. The van der Waals surface area contributed by atoms with Crippen LogP contribution in [0, 0.1) is 118 Å². The highest BCUT2D eigenvalue weighted by Gasteiger charge is 2.57. The number of hydrogen-bond acceptors (Lipinski definition) is 12. The largest absolute Gasteiger partial charge is 0.465 e. The maximum Gasteiger partial charge on any atom is 0.333 e. The quantitative estimate of drug-likeness (QED) is 0.0248. The summed E-state index contributed by atoms with van der Waals surface area (Å²) in [5.41, 5.74) is 0.454. The van der Waals surface area contributed by atoms with E-state index in [1.54, 1.807) is 6.92 Å². The van der Waals surface area contributed by atoms with Crippen LogP contribution in [0.25, 0.3) is 0 Å². The van der Waals surface area contributed by atoms with Gasteiger partial charge in [0.05, 0.1) is 63.3 Å². The molecule has 12 unspecified atom stereocenters. The molecular formula is C79H126O12. The number of fused-ring (bicyclic) bond motifs is 10. The highest BCUT2D eigenvalue weighted by atomic mass is 16.6. The summed E-state index contributed by atoms with van der Waals surface area (Å²) in [6.45, 7) is 16.6. The van der Waals surface area contributed by atoms with Crippen LogP contribution in [0.2, 0.25) is 0 Å². The third kappa shape index (κ3) is 20.4. The minimum atomic E-state index is -0.336. The molecule has 0 radical (unpaired) electrons. The normalized spacial score (nSPS) is 34.5. The standard InChI is InChI=1S/C79H126O12/c1-6-9-11-13-14-20-26-57-30-29-56(25-19-12-10-7-2)66(27-21-15-17-23-39-86-76(82)58-31-35-60(36-32-58)78(84)90-51-64-45-62-47-70(64)72-43-54(41-68(62)72)49-88-74(80)8-3)67(57)28-22-16-18-24-40-87-77(83)59-33-37-61(38-34-59)79(85)91-52-65-46-63-48-71(65)73-44-55(42-69(63)73)50-89-75(81)53(4)5/h8,54-73H,3-4,6-7,9-52H2,1-2,5H3/t54?,55?,56?,57?,58?,59?,60?,61?,62?,63?,64?,65?,66?,67?,68-,69-,70?,71?,72-,73-/m1/s1. The molecule has 91 heavy (non-hydrogen) atoms. The summed E-state index contributed by atoms with van der Waals surface area (Å²) in [5.74, 6) is 8.90. The molecule has 0 N–H and O–H groups in total. The number of rotatable bonds is 40. The zero-order valence-corrected chi connectivity index (χ0v) is 57.5. The lowest BCUT2D eigenvalue weighted by Gasteiger charge is -2.44. The van der Waals surface area contributed by atoms with Crippen molar-refractivity contribution < 1.29 is 57.2 Å². The van der Waals surface area contributed by atoms with Gasteiger partial charge in [-0.2, -0.15) is 0 Å². The maximum absolute atomic E-state index is 13.3. The topological polar surface area (TPSA) is 158 Å². The van der Waals surface area contributed by atoms with Gasteiger partial charge in [-0.1, -0.05) is 143 Å². The van der Waals surface area contributed by atoms with Crippen molar-refractivity contribution in [2.75, 3.05) is 39.6 Å². The third-order valence-electron chi connectivity index (χ3n) is 25.9. The Bertz CT molecular complexity index is 2300. The minimum absolute atomic E-state index is 0.0776. The van der Waals surface area contributed by atoms with E-state index in [-0.39, 0.29) is 59.5 Å². The monoisotopic (exact) mass is 1270 g/mol. The van der Waals surface area contributed by atoms with Crippen molar-refractivity contribution in [3.05, 3.63) is 24.8 Å². The smallest absolute Gasteiger partial charge is 0.333 e. The number of unbranched alkanes of at least 4 members (excludes halogenated alkanes) is 14. The van der Waals surface area contributed by atoms with Gasteiger partial charge < -0.3 is 28.4 Å². The fraction of sp³-hybridized carbons (Fsp3) is 0.873. The van der Waals surface area contributed by atoms with Crippen molar-refractivity contribution in [2.24, 2.45) is 118 Å². The Morgan fingerprint density at radius 3 is 1.14 bits per heavy atom. The molecule has 0 aromatic rings. The van der Waals surface area contributed by atoms with Crippen LogP contribution >= 0.6 is 0 Å². The first-order valence-corrected chi connectivity index (χ1v) is 38.6. The van der Waals surface area contributed by atoms with Crippen LogP contribution in [-0.2, 0) is 57.2 Å². The molecule has 9 aliphatic rings. The molecule has 0 saturated heterocycles. The molecule has 0 aliphatic heterocycles. The molecule has 0 heterocycles. The molecule has 0 aromatic carbocycles. The summed E-state index contributed by atoms with van der Waals surface area (Å²) in [6, 6.07) is 0. The van der Waals surface area contributed by atoms with Gasteiger partial charge in [0.2, 0.25) is 0 Å². The summed E-state index contributed by atoms with van der Waals surface area (Å²) in [5, 5.41) is 0. The average Bonchev–Trinajstić information content (AvgIpc) is 1.61. The Kier molecular flexibility index (Phi) is 29.1. The molecule has 0 amide bonds. The molecule has 9 fully saturated rings. The minimum Gasteiger partial charge on any atom is -0.465 e. The maximum atomic E-state index is 13.3. The van der Waals surface area contributed by atoms with Gasteiger partial charge in [-0.05, 0) is 243 Å². The van der Waals surface area contributed by atoms with Crippen molar-refractivity contribution in [1.29, 1.82) is 0 Å².